The summed E-state index contributed by atoms with van der Waals surface area (Å²) in [6, 6.07) is 12.8. The molecule has 2 aliphatic rings. The van der Waals surface area contributed by atoms with Crippen LogP contribution in [0.2, 0.25) is 0 Å². The Morgan fingerprint density at radius 1 is 0.931 bits per heavy atom. The van der Waals surface area contributed by atoms with E-state index in [4.69, 9.17) is 0 Å². The summed E-state index contributed by atoms with van der Waals surface area (Å²) in [5.74, 6) is 1.51. The van der Waals surface area contributed by atoms with Gasteiger partial charge in [0.25, 0.3) is 11.8 Å². The molecule has 0 saturated carbocycles. The first-order valence-electron chi connectivity index (χ1n) is 9.67. The van der Waals surface area contributed by atoms with Crippen molar-refractivity contribution < 1.29 is 9.59 Å². The predicted octanol–water partition coefficient (Wildman–Crippen LogP) is 1.87. The van der Waals surface area contributed by atoms with Crippen LogP contribution in [0.1, 0.15) is 26.8 Å². The molecule has 5 rings (SSSR count). The maximum atomic E-state index is 12.8. The number of likely N-dealkylation sites (tertiary alicyclic amines) is 1. The monoisotopic (exact) mass is 388 g/mol. The van der Waals surface area contributed by atoms with E-state index in [0.717, 1.165) is 17.9 Å². The number of hydrogen-bond donors (Lipinski definition) is 1. The number of carbonyl (C=O) groups is 2. The van der Waals surface area contributed by atoms with Crippen molar-refractivity contribution in [1.82, 2.24) is 24.6 Å². The van der Waals surface area contributed by atoms with Crippen molar-refractivity contribution in [3.63, 3.8) is 0 Å². The second-order valence-corrected chi connectivity index (χ2v) is 7.54. The normalized spacial score (nSPS) is 20.1. The van der Waals surface area contributed by atoms with E-state index in [1.807, 2.05) is 39.8 Å². The Kier molecular flexibility index (Phi) is 4.31. The molecule has 3 aromatic rings. The highest BCUT2D eigenvalue weighted by atomic mass is 16.2. The predicted molar refractivity (Wildman–Crippen MR) is 105 cm³/mol. The van der Waals surface area contributed by atoms with Crippen molar-refractivity contribution in [3.05, 3.63) is 72.1 Å². The van der Waals surface area contributed by atoms with Gasteiger partial charge in [0, 0.05) is 49.7 Å². The van der Waals surface area contributed by atoms with Gasteiger partial charge in [0.15, 0.2) is 0 Å². The molecule has 2 aliphatic heterocycles. The minimum Gasteiger partial charge on any atom is -0.338 e. The number of benzene rings is 1. The maximum absolute atomic E-state index is 12.8. The first kappa shape index (κ1) is 17.5. The quantitative estimate of drug-likeness (QED) is 0.739. The lowest BCUT2D eigenvalue weighted by Gasteiger charge is -2.25. The van der Waals surface area contributed by atoms with E-state index in [1.165, 1.54) is 0 Å². The summed E-state index contributed by atoms with van der Waals surface area (Å²) in [7, 11) is 0. The molecule has 1 N–H and O–H groups in total. The molecule has 1 fully saturated rings. The van der Waals surface area contributed by atoms with Crippen LogP contribution in [-0.2, 0) is 13.0 Å². The Hall–Kier alpha value is -3.55. The molecule has 4 heterocycles. The Labute approximate surface area is 167 Å². The van der Waals surface area contributed by atoms with Crippen molar-refractivity contribution in [2.45, 2.75) is 13.0 Å². The maximum Gasteiger partial charge on any atom is 0.293 e. The van der Waals surface area contributed by atoms with Gasteiger partial charge in [-0.05, 0) is 36.1 Å². The number of pyridine rings is 1. The van der Waals surface area contributed by atoms with Crippen LogP contribution in [0.4, 0.5) is 5.69 Å². The van der Waals surface area contributed by atoms with Crippen LogP contribution in [-0.4, -0.2) is 49.6 Å². The number of anilines is 1. The number of carbonyl (C=O) groups excluding carboxylic acids is 2. The van der Waals surface area contributed by atoms with E-state index in [0.29, 0.717) is 36.9 Å². The average Bonchev–Trinajstić information content (AvgIpc) is 3.36. The molecule has 1 aromatic carbocycles. The Bertz CT molecular complexity index is 1050. The molecule has 0 aliphatic carbocycles. The van der Waals surface area contributed by atoms with Crippen LogP contribution in [0.25, 0.3) is 0 Å². The summed E-state index contributed by atoms with van der Waals surface area (Å²) in [5.41, 5.74) is 1.37. The fourth-order valence-electron chi connectivity index (χ4n) is 4.24. The molecule has 0 spiro atoms. The van der Waals surface area contributed by atoms with Crippen LogP contribution in [0.15, 0.2) is 54.9 Å². The molecule has 8 nitrogen and oxygen atoms in total. The van der Waals surface area contributed by atoms with Gasteiger partial charge in [0.1, 0.15) is 5.82 Å². The third-order valence-corrected chi connectivity index (χ3v) is 5.71. The number of aromatic nitrogens is 4. The van der Waals surface area contributed by atoms with Gasteiger partial charge >= 0.3 is 0 Å². The van der Waals surface area contributed by atoms with Crippen molar-refractivity contribution in [1.29, 1.82) is 0 Å². The van der Waals surface area contributed by atoms with E-state index >= 15 is 0 Å². The fraction of sp³-hybridized carbons (Fsp3) is 0.286. The van der Waals surface area contributed by atoms with Gasteiger partial charge in [-0.15, -0.1) is 10.2 Å². The number of nitrogens with one attached hydrogen (secondary N) is 1. The summed E-state index contributed by atoms with van der Waals surface area (Å²) in [5, 5.41) is 11.3. The van der Waals surface area contributed by atoms with Crippen molar-refractivity contribution >= 4 is 17.5 Å². The molecule has 8 heteroatoms. The third kappa shape index (κ3) is 3.26. The number of para-hydroxylation sites is 1. The van der Waals surface area contributed by atoms with Gasteiger partial charge in [-0.1, -0.05) is 18.2 Å². The van der Waals surface area contributed by atoms with Crippen molar-refractivity contribution in [2.24, 2.45) is 11.8 Å². The van der Waals surface area contributed by atoms with Gasteiger partial charge in [-0.2, -0.15) is 0 Å². The number of nitrogens with zero attached hydrogens (tertiary/aromatic N) is 5. The molecule has 1 saturated heterocycles. The number of fused-ring (bicyclic) bond motifs is 2. The van der Waals surface area contributed by atoms with E-state index in [-0.39, 0.29) is 17.7 Å². The molecule has 2 atom stereocenters. The minimum absolute atomic E-state index is 0.0274. The highest BCUT2D eigenvalue weighted by Crippen LogP contribution is 2.33. The van der Waals surface area contributed by atoms with E-state index in [1.54, 1.807) is 24.5 Å². The van der Waals surface area contributed by atoms with Crippen molar-refractivity contribution in [2.75, 3.05) is 18.4 Å². The molecule has 29 heavy (non-hydrogen) atoms. The summed E-state index contributed by atoms with van der Waals surface area (Å²) in [6.45, 7) is 2.01. The van der Waals surface area contributed by atoms with E-state index in [2.05, 4.69) is 20.5 Å². The van der Waals surface area contributed by atoms with E-state index in [9.17, 15) is 9.59 Å². The minimum atomic E-state index is -0.267. The summed E-state index contributed by atoms with van der Waals surface area (Å²) < 4.78 is 1.90. The van der Waals surface area contributed by atoms with Crippen LogP contribution in [0.3, 0.4) is 0 Å². The zero-order valence-corrected chi connectivity index (χ0v) is 15.7. The van der Waals surface area contributed by atoms with Crippen molar-refractivity contribution in [3.8, 4) is 0 Å². The van der Waals surface area contributed by atoms with Gasteiger partial charge in [0.2, 0.25) is 5.82 Å². The topological polar surface area (TPSA) is 93.0 Å². The smallest absolute Gasteiger partial charge is 0.293 e. The Balaban J connectivity index is 1.31. The lowest BCUT2D eigenvalue weighted by atomic mass is 9.89. The molecule has 0 bridgehead atoms. The van der Waals surface area contributed by atoms with Gasteiger partial charge in [-0.3, -0.25) is 14.6 Å². The fourth-order valence-corrected chi connectivity index (χ4v) is 4.24. The highest BCUT2D eigenvalue weighted by Gasteiger charge is 2.40. The molecular weight excluding hydrogens is 368 g/mol. The zero-order chi connectivity index (χ0) is 19.8. The largest absolute Gasteiger partial charge is 0.338 e. The number of hydrogen-bond acceptors (Lipinski definition) is 5. The molecule has 146 valence electrons. The second kappa shape index (κ2) is 7.12. The summed E-state index contributed by atoms with van der Waals surface area (Å²) in [6.07, 6.45) is 3.99. The molecule has 2 aromatic heterocycles. The SMILES string of the molecule is O=C(Nc1ccccc1)c1nnc2n1C[C@@H]1CN(C(=O)c3ccncc3)C[C@H]1C2. The van der Waals surface area contributed by atoms with Crippen LogP contribution >= 0.6 is 0 Å². The van der Waals surface area contributed by atoms with Crippen LogP contribution in [0.5, 0.6) is 0 Å². The molecule has 0 unspecified atom stereocenters. The molecule has 2 amide bonds. The molecular formula is C21H20N6O2. The Morgan fingerprint density at radius 3 is 2.48 bits per heavy atom. The van der Waals surface area contributed by atoms with Gasteiger partial charge in [-0.25, -0.2) is 0 Å². The summed E-state index contributed by atoms with van der Waals surface area (Å²) in [4.78, 5) is 31.3. The zero-order valence-electron chi connectivity index (χ0n) is 15.7. The second-order valence-electron chi connectivity index (χ2n) is 7.54. The number of rotatable bonds is 3. The highest BCUT2D eigenvalue weighted by molar-refractivity contribution is 6.01. The van der Waals surface area contributed by atoms with Gasteiger partial charge in [0.05, 0.1) is 0 Å². The lowest BCUT2D eigenvalue weighted by Crippen LogP contribution is -2.31. The first-order chi connectivity index (χ1) is 14.2. The van der Waals surface area contributed by atoms with E-state index < -0.39 is 0 Å². The third-order valence-electron chi connectivity index (χ3n) is 5.71. The lowest BCUT2D eigenvalue weighted by molar-refractivity contribution is 0.0783. The van der Waals surface area contributed by atoms with Gasteiger partial charge < -0.3 is 14.8 Å². The Morgan fingerprint density at radius 2 is 1.69 bits per heavy atom. The summed E-state index contributed by atoms with van der Waals surface area (Å²) >= 11 is 0. The average molecular weight is 388 g/mol. The first-order valence-corrected chi connectivity index (χ1v) is 9.67. The molecule has 0 radical (unpaired) electrons. The van der Waals surface area contributed by atoms with Crippen LogP contribution in [0, 0.1) is 11.8 Å². The van der Waals surface area contributed by atoms with Crippen LogP contribution < -0.4 is 5.32 Å². The standard InChI is InChI=1S/C21H20N6O2/c28-20(23-17-4-2-1-3-5-17)19-25-24-18-10-15-11-26(12-16(15)13-27(18)19)21(29)14-6-8-22-9-7-14/h1-9,15-16H,10-13H2,(H,23,28)/t15-,16+/m1/s1. The number of amides is 2.